The second-order valence-electron chi connectivity index (χ2n) is 6.53. The molecule has 1 aliphatic heterocycles. The van der Waals surface area contributed by atoms with Crippen molar-refractivity contribution in [3.8, 4) is 6.01 Å². The predicted octanol–water partition coefficient (Wildman–Crippen LogP) is 2.05. The molecule has 8 heteroatoms. The maximum absolute atomic E-state index is 12.5. The number of carbonyl (C=O) groups is 1. The van der Waals surface area contributed by atoms with Crippen LogP contribution >= 0.6 is 0 Å². The molecule has 1 saturated heterocycles. The first-order valence-corrected chi connectivity index (χ1v) is 9.12. The molecule has 1 N–H and O–H groups in total. The third-order valence-corrected chi connectivity index (χ3v) is 4.64. The molecule has 1 aliphatic rings. The van der Waals surface area contributed by atoms with Crippen LogP contribution in [0.5, 0.6) is 6.01 Å². The minimum absolute atomic E-state index is 0.169. The summed E-state index contributed by atoms with van der Waals surface area (Å²) in [5, 5.41) is 2.88. The second kappa shape index (κ2) is 7.61. The van der Waals surface area contributed by atoms with Gasteiger partial charge in [0.05, 0.1) is 19.2 Å². The number of piperidine rings is 1. The van der Waals surface area contributed by atoms with E-state index in [0.29, 0.717) is 17.3 Å². The number of hydrogen-bond donors (Lipinski definition) is 1. The molecule has 3 aromatic rings. The predicted molar refractivity (Wildman–Crippen MR) is 101 cm³/mol. The summed E-state index contributed by atoms with van der Waals surface area (Å²) in [4.78, 5) is 27.8. The number of pyridine rings is 1. The zero-order valence-electron chi connectivity index (χ0n) is 15.3. The van der Waals surface area contributed by atoms with Gasteiger partial charge in [-0.25, -0.2) is 0 Å². The largest absolute Gasteiger partial charge is 0.467 e. The van der Waals surface area contributed by atoms with Gasteiger partial charge in [0.25, 0.3) is 5.91 Å². The van der Waals surface area contributed by atoms with Gasteiger partial charge >= 0.3 is 6.01 Å². The number of fused-ring (bicyclic) bond motifs is 1. The summed E-state index contributed by atoms with van der Waals surface area (Å²) in [6.45, 7) is 2.07. The summed E-state index contributed by atoms with van der Waals surface area (Å²) in [6, 6.07) is 7.94. The van der Waals surface area contributed by atoms with E-state index in [4.69, 9.17) is 4.74 Å². The highest BCUT2D eigenvalue weighted by molar-refractivity contribution is 5.95. The van der Waals surface area contributed by atoms with Gasteiger partial charge in [-0.2, -0.15) is 15.0 Å². The van der Waals surface area contributed by atoms with Crippen LogP contribution in [0.15, 0.2) is 36.7 Å². The van der Waals surface area contributed by atoms with Crippen molar-refractivity contribution < 1.29 is 9.53 Å². The summed E-state index contributed by atoms with van der Waals surface area (Å²) in [6.07, 6.45) is 7.20. The van der Waals surface area contributed by atoms with Crippen LogP contribution in [0.2, 0.25) is 0 Å². The van der Waals surface area contributed by atoms with Gasteiger partial charge in [0, 0.05) is 31.0 Å². The lowest BCUT2D eigenvalue weighted by Gasteiger charge is -2.26. The lowest BCUT2D eigenvalue weighted by molar-refractivity contribution is 0.0950. The second-order valence-corrected chi connectivity index (χ2v) is 6.53. The van der Waals surface area contributed by atoms with Crippen LogP contribution in [0.3, 0.4) is 0 Å². The van der Waals surface area contributed by atoms with Crippen LogP contribution in [0, 0.1) is 0 Å². The molecular weight excluding hydrogens is 344 g/mol. The van der Waals surface area contributed by atoms with E-state index in [9.17, 15) is 4.79 Å². The SMILES string of the molecule is COc1nc(CNC(=O)c2cc3ccccn3c2)nc(N2CCCCC2)n1. The maximum atomic E-state index is 12.5. The monoisotopic (exact) mass is 366 g/mol. The van der Waals surface area contributed by atoms with E-state index in [2.05, 4.69) is 25.2 Å². The molecule has 0 spiro atoms. The molecule has 140 valence electrons. The summed E-state index contributed by atoms with van der Waals surface area (Å²) in [7, 11) is 1.53. The lowest BCUT2D eigenvalue weighted by atomic mass is 10.1. The highest BCUT2D eigenvalue weighted by Crippen LogP contribution is 2.18. The number of nitrogens with one attached hydrogen (secondary N) is 1. The summed E-state index contributed by atoms with van der Waals surface area (Å²) >= 11 is 0. The first kappa shape index (κ1) is 17.3. The molecule has 0 unspecified atom stereocenters. The first-order valence-electron chi connectivity index (χ1n) is 9.12. The average Bonchev–Trinajstić information content (AvgIpc) is 3.17. The number of carbonyl (C=O) groups excluding carboxylic acids is 1. The van der Waals surface area contributed by atoms with Crippen molar-refractivity contribution in [3.63, 3.8) is 0 Å². The van der Waals surface area contributed by atoms with Crippen molar-refractivity contribution in [1.82, 2.24) is 24.7 Å². The number of nitrogens with zero attached hydrogens (tertiary/aromatic N) is 5. The number of ether oxygens (including phenoxy) is 1. The zero-order chi connectivity index (χ0) is 18.6. The van der Waals surface area contributed by atoms with E-state index in [-0.39, 0.29) is 18.5 Å². The van der Waals surface area contributed by atoms with Gasteiger partial charge in [-0.3, -0.25) is 4.79 Å². The average molecular weight is 366 g/mol. The standard InChI is InChI=1S/C19H22N6O2/c1-27-19-22-16(21-18(23-19)24-8-4-2-5-9-24)12-20-17(26)14-11-15-7-3-6-10-25(15)13-14/h3,6-7,10-11,13H,2,4-5,8-9,12H2,1H3,(H,20,26). The van der Waals surface area contributed by atoms with Gasteiger partial charge in [-0.1, -0.05) is 6.07 Å². The van der Waals surface area contributed by atoms with Crippen LogP contribution in [0.25, 0.3) is 5.52 Å². The van der Waals surface area contributed by atoms with Crippen molar-refractivity contribution in [2.45, 2.75) is 25.8 Å². The topological polar surface area (TPSA) is 84.6 Å². The number of anilines is 1. The summed E-state index contributed by atoms with van der Waals surface area (Å²) in [5.41, 5.74) is 1.57. The Hall–Kier alpha value is -3.16. The maximum Gasteiger partial charge on any atom is 0.321 e. The van der Waals surface area contributed by atoms with Crippen LogP contribution in [-0.2, 0) is 6.54 Å². The van der Waals surface area contributed by atoms with E-state index in [0.717, 1.165) is 31.4 Å². The third kappa shape index (κ3) is 3.84. The van der Waals surface area contributed by atoms with E-state index < -0.39 is 0 Å². The Labute approximate surface area is 157 Å². The van der Waals surface area contributed by atoms with Crippen molar-refractivity contribution >= 4 is 17.4 Å². The van der Waals surface area contributed by atoms with Crippen LogP contribution in [-0.4, -0.2) is 45.5 Å². The van der Waals surface area contributed by atoms with Gasteiger partial charge in [0.1, 0.15) is 0 Å². The number of methoxy groups -OCH3 is 1. The molecule has 8 nitrogen and oxygen atoms in total. The van der Waals surface area contributed by atoms with E-state index in [1.54, 1.807) is 6.20 Å². The number of aromatic nitrogens is 4. The molecule has 0 atom stereocenters. The molecule has 0 aliphatic carbocycles. The Bertz CT molecular complexity index is 915. The Morgan fingerprint density at radius 1 is 1.19 bits per heavy atom. The molecule has 1 amide bonds. The Morgan fingerprint density at radius 2 is 2.04 bits per heavy atom. The molecule has 0 bridgehead atoms. The van der Waals surface area contributed by atoms with Gasteiger partial charge in [0.15, 0.2) is 5.82 Å². The zero-order valence-corrected chi connectivity index (χ0v) is 15.3. The van der Waals surface area contributed by atoms with Gasteiger partial charge in [-0.15, -0.1) is 0 Å². The van der Waals surface area contributed by atoms with E-state index >= 15 is 0 Å². The fraction of sp³-hybridized carbons (Fsp3) is 0.368. The van der Waals surface area contributed by atoms with Crippen molar-refractivity contribution in [3.05, 3.63) is 48.0 Å². The lowest BCUT2D eigenvalue weighted by Crippen LogP contribution is -2.32. The smallest absolute Gasteiger partial charge is 0.321 e. The van der Waals surface area contributed by atoms with Gasteiger partial charge in [-0.05, 0) is 37.5 Å². The third-order valence-electron chi connectivity index (χ3n) is 4.64. The van der Waals surface area contributed by atoms with E-state index in [1.165, 1.54) is 13.5 Å². The van der Waals surface area contributed by atoms with Crippen molar-refractivity contribution in [2.75, 3.05) is 25.1 Å². The summed E-state index contributed by atoms with van der Waals surface area (Å²) in [5.74, 6) is 0.928. The number of hydrogen-bond acceptors (Lipinski definition) is 6. The summed E-state index contributed by atoms with van der Waals surface area (Å²) < 4.78 is 7.12. The highest BCUT2D eigenvalue weighted by atomic mass is 16.5. The Kier molecular flexibility index (Phi) is 4.86. The fourth-order valence-electron chi connectivity index (χ4n) is 3.23. The fourth-order valence-corrected chi connectivity index (χ4v) is 3.23. The Morgan fingerprint density at radius 3 is 2.81 bits per heavy atom. The molecule has 4 rings (SSSR count). The molecule has 1 fully saturated rings. The van der Waals surface area contributed by atoms with Gasteiger partial charge < -0.3 is 19.4 Å². The molecule has 3 aromatic heterocycles. The molecule has 0 saturated carbocycles. The molecule has 4 heterocycles. The number of amides is 1. The van der Waals surface area contributed by atoms with Crippen molar-refractivity contribution in [2.24, 2.45) is 0 Å². The minimum atomic E-state index is -0.169. The highest BCUT2D eigenvalue weighted by Gasteiger charge is 2.17. The van der Waals surface area contributed by atoms with Crippen LogP contribution in [0.4, 0.5) is 5.95 Å². The van der Waals surface area contributed by atoms with Crippen LogP contribution in [0.1, 0.15) is 35.4 Å². The first-order chi connectivity index (χ1) is 13.2. The molecule has 27 heavy (non-hydrogen) atoms. The normalized spacial score (nSPS) is 14.3. The van der Waals surface area contributed by atoms with Gasteiger partial charge in [0.2, 0.25) is 5.95 Å². The quantitative estimate of drug-likeness (QED) is 0.744. The van der Waals surface area contributed by atoms with Crippen molar-refractivity contribution in [1.29, 1.82) is 0 Å². The molecule has 0 aromatic carbocycles. The number of rotatable bonds is 5. The van der Waals surface area contributed by atoms with E-state index in [1.807, 2.05) is 34.9 Å². The minimum Gasteiger partial charge on any atom is -0.467 e. The van der Waals surface area contributed by atoms with Crippen LogP contribution < -0.4 is 15.0 Å². The molecular formula is C19H22N6O2. The Balaban J connectivity index is 1.48. The molecule has 0 radical (unpaired) electrons.